The van der Waals surface area contributed by atoms with Crippen molar-refractivity contribution in [2.75, 3.05) is 12.8 Å². The van der Waals surface area contributed by atoms with E-state index in [9.17, 15) is 13.6 Å². The molecule has 0 spiro atoms. The van der Waals surface area contributed by atoms with E-state index in [2.05, 4.69) is 10.3 Å². The minimum absolute atomic E-state index is 0.125. The zero-order valence-electron chi connectivity index (χ0n) is 22.0. The Hall–Kier alpha value is -3.81. The van der Waals surface area contributed by atoms with Crippen LogP contribution in [-0.4, -0.2) is 18.0 Å². The number of nitrogen functional groups attached to an aromatic ring is 1. The number of rotatable bonds is 5. The molecule has 1 aliphatic carbocycles. The van der Waals surface area contributed by atoms with Gasteiger partial charge in [0, 0.05) is 36.4 Å². The van der Waals surface area contributed by atoms with Crippen LogP contribution < -0.4 is 11.1 Å². The molecule has 1 aromatic heterocycles. The topological polar surface area (TPSA) is 77.2 Å². The van der Waals surface area contributed by atoms with Crippen LogP contribution in [0.4, 0.5) is 14.6 Å². The number of hydrogen-bond donors (Lipinski definition) is 2. The lowest BCUT2D eigenvalue weighted by molar-refractivity contribution is 0.0950. The summed E-state index contributed by atoms with van der Waals surface area (Å²) in [4.78, 5) is 17.5. The number of pyridine rings is 1. The molecule has 0 saturated carbocycles. The maximum absolute atomic E-state index is 14.7. The van der Waals surface area contributed by atoms with Crippen LogP contribution in [0.25, 0.3) is 11.1 Å². The number of carbonyl (C=O) groups excluding carboxylic acids is 1. The summed E-state index contributed by atoms with van der Waals surface area (Å²) in [6.07, 6.45) is -0.365. The zero-order chi connectivity index (χ0) is 28.0. The normalized spacial score (nSPS) is 16.0. The molecule has 3 N–H and O–H groups in total. The molecule has 5 nitrogen and oxygen atoms in total. The molecule has 0 fully saturated rings. The number of benzene rings is 3. The third-order valence-electron chi connectivity index (χ3n) is 7.52. The number of nitrogens with one attached hydrogen (secondary N) is 1. The van der Waals surface area contributed by atoms with Crippen LogP contribution in [0.3, 0.4) is 0 Å². The van der Waals surface area contributed by atoms with E-state index < -0.39 is 11.6 Å². The smallest absolute Gasteiger partial charge is 0.251 e. The number of halogens is 3. The number of fused-ring (bicyclic) bond motifs is 2. The van der Waals surface area contributed by atoms with Gasteiger partial charge in [-0.2, -0.15) is 0 Å². The maximum atomic E-state index is 14.7. The summed E-state index contributed by atoms with van der Waals surface area (Å²) in [5.74, 6) is -1.96. The molecule has 200 valence electrons. The number of carbonyl (C=O) groups is 1. The number of hydrogen-bond acceptors (Lipinski definition) is 4. The van der Waals surface area contributed by atoms with Gasteiger partial charge in [0.2, 0.25) is 0 Å². The molecule has 1 aliphatic rings. The molecule has 0 saturated heterocycles. The van der Waals surface area contributed by atoms with Crippen molar-refractivity contribution >= 4 is 23.3 Å². The van der Waals surface area contributed by atoms with Crippen molar-refractivity contribution < 1.29 is 18.3 Å². The van der Waals surface area contributed by atoms with E-state index in [-0.39, 0.29) is 28.5 Å². The second-order valence-electron chi connectivity index (χ2n) is 9.86. The van der Waals surface area contributed by atoms with Crippen molar-refractivity contribution in [3.63, 3.8) is 0 Å². The van der Waals surface area contributed by atoms with E-state index in [4.69, 9.17) is 22.1 Å². The van der Waals surface area contributed by atoms with E-state index >= 15 is 0 Å². The largest absolute Gasteiger partial charge is 0.384 e. The van der Waals surface area contributed by atoms with Crippen LogP contribution >= 0.6 is 11.6 Å². The number of amides is 1. The number of aryl methyl sites for hydroxylation is 2. The average molecular weight is 548 g/mol. The minimum atomic E-state index is -1.07. The highest BCUT2D eigenvalue weighted by Gasteiger charge is 2.31. The number of nitrogens with two attached hydrogens (primary N) is 1. The number of ether oxygens (including phenoxy) is 1. The summed E-state index contributed by atoms with van der Waals surface area (Å²) >= 11 is 5.75. The fourth-order valence-corrected chi connectivity index (χ4v) is 5.60. The highest BCUT2D eigenvalue weighted by atomic mass is 35.5. The Morgan fingerprint density at radius 3 is 2.38 bits per heavy atom. The number of methoxy groups -OCH3 is 1. The second kappa shape index (κ2) is 10.4. The van der Waals surface area contributed by atoms with Crippen molar-refractivity contribution in [2.24, 2.45) is 0 Å². The van der Waals surface area contributed by atoms with E-state index in [0.29, 0.717) is 23.5 Å². The van der Waals surface area contributed by atoms with Gasteiger partial charge in [0.15, 0.2) is 11.6 Å². The molecular weight excluding hydrogens is 520 g/mol. The van der Waals surface area contributed by atoms with Crippen molar-refractivity contribution in [2.45, 2.75) is 39.3 Å². The monoisotopic (exact) mass is 547 g/mol. The summed E-state index contributed by atoms with van der Waals surface area (Å²) in [7, 11) is 1.63. The van der Waals surface area contributed by atoms with Gasteiger partial charge in [-0.25, -0.2) is 13.8 Å². The molecule has 0 aliphatic heterocycles. The average Bonchev–Trinajstić information content (AvgIpc) is 2.91. The third kappa shape index (κ3) is 4.77. The Labute approximate surface area is 231 Å². The first-order valence-electron chi connectivity index (χ1n) is 12.6. The van der Waals surface area contributed by atoms with Gasteiger partial charge in [-0.05, 0) is 83.1 Å². The van der Waals surface area contributed by atoms with Gasteiger partial charge in [-0.15, -0.1) is 0 Å². The molecule has 1 amide bonds. The summed E-state index contributed by atoms with van der Waals surface area (Å²) in [5, 5.41) is 2.73. The predicted molar refractivity (Wildman–Crippen MR) is 149 cm³/mol. The first-order chi connectivity index (χ1) is 18.6. The second-order valence-corrected chi connectivity index (χ2v) is 10.3. The zero-order valence-corrected chi connectivity index (χ0v) is 22.8. The molecule has 0 bridgehead atoms. The summed E-state index contributed by atoms with van der Waals surface area (Å²) < 4.78 is 34.8. The van der Waals surface area contributed by atoms with Crippen molar-refractivity contribution in [1.82, 2.24) is 10.3 Å². The van der Waals surface area contributed by atoms with E-state index in [0.717, 1.165) is 39.1 Å². The minimum Gasteiger partial charge on any atom is -0.384 e. The van der Waals surface area contributed by atoms with Gasteiger partial charge in [0.05, 0.1) is 5.02 Å². The Kier molecular flexibility index (Phi) is 7.14. The number of aromatic nitrogens is 1. The van der Waals surface area contributed by atoms with Gasteiger partial charge in [0.25, 0.3) is 5.91 Å². The molecule has 39 heavy (non-hydrogen) atoms. The van der Waals surface area contributed by atoms with E-state index in [1.165, 1.54) is 12.1 Å². The third-order valence-corrected chi connectivity index (χ3v) is 7.81. The molecule has 4 aromatic rings. The molecule has 0 unspecified atom stereocenters. The van der Waals surface area contributed by atoms with Crippen molar-refractivity contribution in [3.8, 4) is 11.1 Å². The lowest BCUT2D eigenvalue weighted by Crippen LogP contribution is -2.25. The van der Waals surface area contributed by atoms with Crippen LogP contribution in [0.5, 0.6) is 0 Å². The van der Waals surface area contributed by atoms with Gasteiger partial charge in [-0.1, -0.05) is 42.8 Å². The Balaban J connectivity index is 1.47. The van der Waals surface area contributed by atoms with Gasteiger partial charge in [0.1, 0.15) is 11.9 Å². The first-order valence-corrected chi connectivity index (χ1v) is 12.9. The first kappa shape index (κ1) is 26.8. The molecule has 8 heteroatoms. The molecule has 3 aromatic carbocycles. The van der Waals surface area contributed by atoms with Crippen LogP contribution in [0.15, 0.2) is 54.6 Å². The summed E-state index contributed by atoms with van der Waals surface area (Å²) in [5.41, 5.74) is 13.4. The van der Waals surface area contributed by atoms with Crippen molar-refractivity contribution in [3.05, 3.63) is 116 Å². The van der Waals surface area contributed by atoms with Crippen LogP contribution in [0.2, 0.25) is 5.02 Å². The predicted octanol–water partition coefficient (Wildman–Crippen LogP) is 7.01. The fourth-order valence-electron chi connectivity index (χ4n) is 5.45. The maximum Gasteiger partial charge on any atom is 0.251 e. The van der Waals surface area contributed by atoms with Gasteiger partial charge in [-0.3, -0.25) is 4.79 Å². The Morgan fingerprint density at radius 1 is 1.00 bits per heavy atom. The van der Waals surface area contributed by atoms with Gasteiger partial charge >= 0.3 is 0 Å². The van der Waals surface area contributed by atoms with Crippen molar-refractivity contribution in [1.29, 1.82) is 0 Å². The van der Waals surface area contributed by atoms with Crippen LogP contribution in [-0.2, 0) is 11.3 Å². The lowest BCUT2D eigenvalue weighted by Gasteiger charge is -2.32. The molecule has 1 heterocycles. The lowest BCUT2D eigenvalue weighted by atomic mass is 9.76. The molecule has 0 radical (unpaired) electrons. The number of anilines is 1. The highest BCUT2D eigenvalue weighted by Crippen LogP contribution is 2.45. The Morgan fingerprint density at radius 2 is 1.69 bits per heavy atom. The fraction of sp³-hybridized carbons (Fsp3) is 0.226. The SMILES string of the molecule is CO[C@@H]1c2ccc(C(=O)NCc3c(C)cc(N)nc3C)cc2[C@H](C)c2cc(-c3ccc(Cl)c(F)c3F)ccc21. The standard InChI is InChI=1S/C31H28ClF2N3O2/c1-15-11-27(35)37-17(3)25(15)14-36-31(38)19-6-8-22-24(13-19)16(2)23-12-18(5-7-21(23)30(22)39-4)20-9-10-26(32)29(34)28(20)33/h5-13,16,30H,14H2,1-4H3,(H2,35,37)(H,36,38)/t16-,30+/m1/s1. The summed E-state index contributed by atoms with van der Waals surface area (Å²) in [6.45, 7) is 6.16. The summed E-state index contributed by atoms with van der Waals surface area (Å²) in [6, 6.07) is 15.7. The van der Waals surface area contributed by atoms with Gasteiger partial charge < -0.3 is 15.8 Å². The Bertz CT molecular complexity index is 1600. The highest BCUT2D eigenvalue weighted by molar-refractivity contribution is 6.30. The molecule has 5 rings (SSSR count). The van der Waals surface area contributed by atoms with E-state index in [1.807, 2.05) is 45.0 Å². The van der Waals surface area contributed by atoms with Crippen LogP contribution in [0.1, 0.15) is 68.4 Å². The quantitative estimate of drug-likeness (QED) is 0.263. The van der Waals surface area contributed by atoms with Crippen LogP contribution in [0, 0.1) is 25.5 Å². The number of nitrogens with zero attached hydrogens (tertiary/aromatic N) is 1. The molecular formula is C31H28ClF2N3O2. The van der Waals surface area contributed by atoms with E-state index in [1.54, 1.807) is 25.3 Å². The molecule has 2 atom stereocenters.